The molecule has 0 fully saturated rings. The molecular formula is C49H46N4O9. The lowest BCUT2D eigenvalue weighted by Gasteiger charge is -2.35. The smallest absolute Gasteiger partial charge is 0.259 e. The van der Waals surface area contributed by atoms with Gasteiger partial charge in [0.1, 0.15) is 22.8 Å². The molecule has 3 aliphatic rings. The number of hydrogen-bond acceptors (Lipinski definition) is 11. The maximum atomic E-state index is 14.6. The van der Waals surface area contributed by atoms with Crippen LogP contribution in [0.2, 0.25) is 0 Å². The summed E-state index contributed by atoms with van der Waals surface area (Å²) in [6.45, 7) is 5.41. The lowest BCUT2D eigenvalue weighted by atomic mass is 9.97. The van der Waals surface area contributed by atoms with Gasteiger partial charge >= 0.3 is 0 Å². The van der Waals surface area contributed by atoms with Gasteiger partial charge < -0.3 is 40.0 Å². The topological polar surface area (TPSA) is 177 Å². The minimum atomic E-state index is -1.19. The molecule has 2 aliphatic heterocycles. The number of anilines is 1. The summed E-state index contributed by atoms with van der Waals surface area (Å²) in [5.41, 5.74) is 4.45. The van der Waals surface area contributed by atoms with Crippen molar-refractivity contribution in [2.45, 2.75) is 71.1 Å². The number of aryl methyl sites for hydroxylation is 1. The van der Waals surface area contributed by atoms with Gasteiger partial charge in [0.25, 0.3) is 11.8 Å². The molecule has 1 aliphatic carbocycles. The number of amides is 2. The molecule has 2 amide bonds. The zero-order valence-electron chi connectivity index (χ0n) is 34.5. The standard InChI is InChI=1S/C49H46N4O9/c1-29(54)32-6-4-7-35(25-32)61-47-44(46(58)52-28-31-11-16-37-33(24-31)12-17-41(37)55)40(19-21-50-47)53-22-5-8-38(45(57)51-27-30-9-13-34(14-10-30)49(2,3)59)48(53)62-36-15-18-43-39(26-36)42(56)20-23-60-43/h4-11,13-16,18-19,21-22,24-26,41,48,55,59H,12,17,20,23,27-28H2,1-3H3,(H,51,57)(H,52,58). The molecular weight excluding hydrogens is 789 g/mol. The van der Waals surface area contributed by atoms with E-state index in [1.165, 1.54) is 13.1 Å². The van der Waals surface area contributed by atoms with Crippen molar-refractivity contribution in [2.24, 2.45) is 0 Å². The highest BCUT2D eigenvalue weighted by Gasteiger charge is 2.35. The third-order valence-electron chi connectivity index (χ3n) is 11.1. The van der Waals surface area contributed by atoms with Crippen molar-refractivity contribution >= 4 is 29.1 Å². The highest BCUT2D eigenvalue weighted by atomic mass is 16.5. The van der Waals surface area contributed by atoms with Crippen LogP contribution in [0, 0.1) is 0 Å². The third-order valence-corrected chi connectivity index (χ3v) is 11.1. The predicted molar refractivity (Wildman–Crippen MR) is 230 cm³/mol. The maximum absolute atomic E-state index is 14.6. The van der Waals surface area contributed by atoms with E-state index in [2.05, 4.69) is 15.6 Å². The highest BCUT2D eigenvalue weighted by molar-refractivity contribution is 6.03. The zero-order chi connectivity index (χ0) is 43.5. The van der Waals surface area contributed by atoms with E-state index in [1.54, 1.807) is 97.8 Å². The lowest BCUT2D eigenvalue weighted by molar-refractivity contribution is -0.118. The van der Waals surface area contributed by atoms with Gasteiger partial charge in [-0.25, -0.2) is 4.98 Å². The van der Waals surface area contributed by atoms with Crippen molar-refractivity contribution in [3.8, 4) is 23.1 Å². The van der Waals surface area contributed by atoms with Gasteiger partial charge in [0.05, 0.1) is 35.1 Å². The Balaban J connectivity index is 1.16. The molecule has 0 saturated heterocycles. The predicted octanol–water partition coefficient (Wildman–Crippen LogP) is 7.16. The lowest BCUT2D eigenvalue weighted by Crippen LogP contribution is -2.45. The molecule has 13 heteroatoms. The molecule has 62 heavy (non-hydrogen) atoms. The minimum absolute atomic E-state index is 0.0122. The number of nitrogens with one attached hydrogen (secondary N) is 2. The first-order valence-electron chi connectivity index (χ1n) is 20.4. The summed E-state index contributed by atoms with van der Waals surface area (Å²) < 4.78 is 18.7. The molecule has 2 unspecified atom stereocenters. The number of fused-ring (bicyclic) bond motifs is 2. The van der Waals surface area contributed by atoms with Gasteiger partial charge in [0.2, 0.25) is 12.1 Å². The number of ketones is 2. The molecule has 2 atom stereocenters. The quantitative estimate of drug-likeness (QED) is 0.0886. The van der Waals surface area contributed by atoms with Gasteiger partial charge in [0, 0.05) is 37.5 Å². The van der Waals surface area contributed by atoms with Crippen molar-refractivity contribution in [1.82, 2.24) is 15.6 Å². The number of carbonyl (C=O) groups is 4. The van der Waals surface area contributed by atoms with Crippen molar-refractivity contribution in [3.05, 3.63) is 166 Å². The van der Waals surface area contributed by atoms with Gasteiger partial charge in [-0.15, -0.1) is 0 Å². The van der Waals surface area contributed by atoms with Crippen LogP contribution in [-0.4, -0.2) is 51.4 Å². The van der Waals surface area contributed by atoms with Crippen molar-refractivity contribution < 1.29 is 43.6 Å². The van der Waals surface area contributed by atoms with E-state index in [0.717, 1.165) is 34.2 Å². The Labute approximate surface area is 358 Å². The van der Waals surface area contributed by atoms with Crippen molar-refractivity contribution in [2.75, 3.05) is 11.5 Å². The maximum Gasteiger partial charge on any atom is 0.259 e. The van der Waals surface area contributed by atoms with E-state index in [4.69, 9.17) is 14.2 Å². The van der Waals surface area contributed by atoms with Crippen LogP contribution >= 0.6 is 0 Å². The van der Waals surface area contributed by atoms with Gasteiger partial charge in [-0.05, 0) is 110 Å². The van der Waals surface area contributed by atoms with E-state index in [1.807, 2.05) is 30.3 Å². The Morgan fingerprint density at radius 1 is 0.903 bits per heavy atom. The monoisotopic (exact) mass is 834 g/mol. The molecule has 13 nitrogen and oxygen atoms in total. The minimum Gasteiger partial charge on any atom is -0.492 e. The molecule has 0 bridgehead atoms. The fourth-order valence-electron chi connectivity index (χ4n) is 7.68. The first-order chi connectivity index (χ1) is 29.8. The van der Waals surface area contributed by atoms with Crippen LogP contribution in [0.4, 0.5) is 5.69 Å². The molecule has 0 saturated carbocycles. The van der Waals surface area contributed by atoms with Crippen LogP contribution in [0.3, 0.4) is 0 Å². The number of nitrogens with zero attached hydrogens (tertiary/aromatic N) is 2. The van der Waals surface area contributed by atoms with E-state index in [0.29, 0.717) is 23.3 Å². The molecule has 8 rings (SSSR count). The van der Waals surface area contributed by atoms with E-state index < -0.39 is 29.7 Å². The number of aliphatic hydroxyl groups is 2. The summed E-state index contributed by atoms with van der Waals surface area (Å²) in [4.78, 5) is 60.2. The normalized spacial score (nSPS) is 16.7. The van der Waals surface area contributed by atoms with Crippen molar-refractivity contribution in [1.29, 1.82) is 0 Å². The number of allylic oxidation sites excluding steroid dienone is 2. The number of aromatic nitrogens is 1. The van der Waals surface area contributed by atoms with Crippen molar-refractivity contribution in [3.63, 3.8) is 0 Å². The van der Waals surface area contributed by atoms with E-state index >= 15 is 0 Å². The molecule has 0 spiro atoms. The molecule has 3 heterocycles. The van der Waals surface area contributed by atoms with Crippen LogP contribution in [0.25, 0.3) is 0 Å². The molecule has 0 radical (unpaired) electrons. The number of carbonyl (C=O) groups excluding carboxylic acids is 4. The van der Waals surface area contributed by atoms with E-state index in [9.17, 15) is 29.4 Å². The van der Waals surface area contributed by atoms with Crippen LogP contribution in [-0.2, 0) is 29.9 Å². The number of rotatable bonds is 13. The Kier molecular flexibility index (Phi) is 11.7. The molecule has 316 valence electrons. The average Bonchev–Trinajstić information content (AvgIpc) is 3.64. The summed E-state index contributed by atoms with van der Waals surface area (Å²) in [6, 6.07) is 26.0. The second-order valence-electron chi connectivity index (χ2n) is 15.9. The molecule has 4 N–H and O–H groups in total. The second kappa shape index (κ2) is 17.5. The van der Waals surface area contributed by atoms with Gasteiger partial charge in [-0.2, -0.15) is 0 Å². The summed E-state index contributed by atoms with van der Waals surface area (Å²) >= 11 is 0. The molecule has 1 aromatic heterocycles. The third kappa shape index (κ3) is 8.99. The summed E-state index contributed by atoms with van der Waals surface area (Å²) in [5, 5.41) is 26.8. The fourth-order valence-corrected chi connectivity index (χ4v) is 7.68. The summed E-state index contributed by atoms with van der Waals surface area (Å²) in [7, 11) is 0. The summed E-state index contributed by atoms with van der Waals surface area (Å²) in [6.07, 6.45) is 6.30. The Morgan fingerprint density at radius 3 is 2.47 bits per heavy atom. The first kappa shape index (κ1) is 41.6. The van der Waals surface area contributed by atoms with Crippen LogP contribution < -0.4 is 29.7 Å². The largest absolute Gasteiger partial charge is 0.492 e. The number of ether oxygens (including phenoxy) is 3. The second-order valence-corrected chi connectivity index (χ2v) is 15.9. The Morgan fingerprint density at radius 2 is 1.68 bits per heavy atom. The average molecular weight is 835 g/mol. The Bertz CT molecular complexity index is 2630. The highest BCUT2D eigenvalue weighted by Crippen LogP contribution is 2.37. The Hall–Kier alpha value is -7.09. The first-order valence-corrected chi connectivity index (χ1v) is 20.4. The van der Waals surface area contributed by atoms with Crippen LogP contribution in [0.5, 0.6) is 23.1 Å². The zero-order valence-corrected chi connectivity index (χ0v) is 34.5. The number of hydrogen-bond donors (Lipinski definition) is 4. The van der Waals surface area contributed by atoms with Gasteiger partial charge in [0.15, 0.2) is 11.6 Å². The molecule has 4 aromatic carbocycles. The number of benzene rings is 4. The SMILES string of the molecule is CC(=O)c1cccc(Oc2nccc(N3C=CC=C(C(=O)NCc4ccc(C(C)(C)O)cc4)C3Oc3ccc4c(c3)C(=O)CCO4)c2C(=O)NCc2ccc3c(c2)CCC3O)c1. The van der Waals surface area contributed by atoms with Crippen LogP contribution in [0.1, 0.15) is 98.6 Å². The van der Waals surface area contributed by atoms with Gasteiger partial charge in [-0.3, -0.25) is 19.2 Å². The number of Topliss-reactive ketones (excluding diaryl/α,β-unsaturated/α-hetero) is 2. The number of pyridine rings is 1. The van der Waals surface area contributed by atoms with E-state index in [-0.39, 0.29) is 71.9 Å². The van der Waals surface area contributed by atoms with Crippen LogP contribution in [0.15, 0.2) is 121 Å². The summed E-state index contributed by atoms with van der Waals surface area (Å²) in [5.74, 6) is -0.394. The van der Waals surface area contributed by atoms with Gasteiger partial charge in [-0.1, -0.05) is 54.6 Å². The fraction of sp³-hybridized carbons (Fsp3) is 0.245. The molecule has 5 aromatic rings. The number of aliphatic hydroxyl groups excluding tert-OH is 1.